The van der Waals surface area contributed by atoms with E-state index < -0.39 is 5.92 Å². The summed E-state index contributed by atoms with van der Waals surface area (Å²) in [6.45, 7) is 2.28. The number of amides is 1. The monoisotopic (exact) mass is 247 g/mol. The summed E-state index contributed by atoms with van der Waals surface area (Å²) in [7, 11) is 0. The quantitative estimate of drug-likeness (QED) is 0.586. The van der Waals surface area contributed by atoms with Gasteiger partial charge in [-0.1, -0.05) is 30.3 Å². The van der Waals surface area contributed by atoms with Crippen LogP contribution in [0.2, 0.25) is 0 Å². The minimum atomic E-state index is -0.578. The summed E-state index contributed by atoms with van der Waals surface area (Å²) < 4.78 is 5.20. The molecule has 1 saturated heterocycles. The molecule has 1 heterocycles. The number of morpholine rings is 1. The van der Waals surface area contributed by atoms with Crippen molar-refractivity contribution in [2.45, 2.75) is 6.42 Å². The fraction of sp³-hybridized carbons (Fsp3) is 0.429. The average Bonchev–Trinajstić information content (AvgIpc) is 2.46. The Balaban J connectivity index is 1.99. The van der Waals surface area contributed by atoms with Gasteiger partial charge < -0.3 is 14.4 Å². The van der Waals surface area contributed by atoms with Crippen LogP contribution in [0.1, 0.15) is 5.56 Å². The van der Waals surface area contributed by atoms with E-state index in [0.29, 0.717) is 32.7 Å². The Hall–Kier alpha value is -1.68. The number of rotatable bonds is 4. The SMILES string of the molecule is O=CC(Cc1ccccc1)C(=O)N1CCOCC1. The summed E-state index contributed by atoms with van der Waals surface area (Å²) >= 11 is 0. The van der Waals surface area contributed by atoms with Crippen molar-refractivity contribution >= 4 is 12.2 Å². The highest BCUT2D eigenvalue weighted by Gasteiger charge is 2.25. The molecule has 4 nitrogen and oxygen atoms in total. The van der Waals surface area contributed by atoms with Crippen molar-refractivity contribution in [3.63, 3.8) is 0 Å². The molecule has 0 aliphatic carbocycles. The zero-order chi connectivity index (χ0) is 12.8. The molecule has 2 rings (SSSR count). The molecule has 0 N–H and O–H groups in total. The molecule has 0 bridgehead atoms. The summed E-state index contributed by atoms with van der Waals surface area (Å²) in [6.07, 6.45) is 1.23. The van der Waals surface area contributed by atoms with Crippen LogP contribution in [0.25, 0.3) is 0 Å². The van der Waals surface area contributed by atoms with Crippen LogP contribution in [0.5, 0.6) is 0 Å². The number of aldehydes is 1. The Morgan fingerprint density at radius 1 is 1.28 bits per heavy atom. The third kappa shape index (κ3) is 3.17. The molecule has 0 aromatic heterocycles. The second-order valence-electron chi connectivity index (χ2n) is 4.37. The topological polar surface area (TPSA) is 46.6 Å². The molecule has 1 unspecified atom stereocenters. The molecule has 1 amide bonds. The van der Waals surface area contributed by atoms with Gasteiger partial charge in [0.25, 0.3) is 0 Å². The molecule has 4 heteroatoms. The highest BCUT2D eigenvalue weighted by molar-refractivity contribution is 5.92. The minimum Gasteiger partial charge on any atom is -0.378 e. The Labute approximate surface area is 107 Å². The largest absolute Gasteiger partial charge is 0.378 e. The lowest BCUT2D eigenvalue weighted by atomic mass is 9.99. The van der Waals surface area contributed by atoms with Crippen LogP contribution in [0, 0.1) is 5.92 Å². The molecule has 1 aromatic carbocycles. The Morgan fingerprint density at radius 3 is 2.56 bits per heavy atom. The minimum absolute atomic E-state index is 0.0860. The van der Waals surface area contributed by atoms with Gasteiger partial charge in [-0.05, 0) is 12.0 Å². The van der Waals surface area contributed by atoms with Crippen LogP contribution in [0.3, 0.4) is 0 Å². The molecule has 1 aromatic rings. The molecule has 1 aliphatic rings. The number of hydrogen-bond acceptors (Lipinski definition) is 3. The average molecular weight is 247 g/mol. The van der Waals surface area contributed by atoms with E-state index in [1.54, 1.807) is 4.90 Å². The van der Waals surface area contributed by atoms with Crippen molar-refractivity contribution in [1.82, 2.24) is 4.90 Å². The number of benzene rings is 1. The zero-order valence-corrected chi connectivity index (χ0v) is 10.2. The van der Waals surface area contributed by atoms with E-state index in [1.165, 1.54) is 0 Å². The van der Waals surface area contributed by atoms with E-state index in [9.17, 15) is 9.59 Å². The van der Waals surface area contributed by atoms with E-state index in [0.717, 1.165) is 11.8 Å². The molecule has 0 saturated carbocycles. The summed E-state index contributed by atoms with van der Waals surface area (Å²) in [5, 5.41) is 0. The van der Waals surface area contributed by atoms with E-state index in [4.69, 9.17) is 4.74 Å². The van der Waals surface area contributed by atoms with E-state index >= 15 is 0 Å². The molecule has 1 atom stereocenters. The third-order valence-corrected chi connectivity index (χ3v) is 3.10. The second kappa shape index (κ2) is 6.31. The number of hydrogen-bond donors (Lipinski definition) is 0. The highest BCUT2D eigenvalue weighted by Crippen LogP contribution is 2.11. The molecular weight excluding hydrogens is 230 g/mol. The van der Waals surface area contributed by atoms with Crippen molar-refractivity contribution in [3.8, 4) is 0 Å². The first kappa shape index (κ1) is 12.8. The molecule has 18 heavy (non-hydrogen) atoms. The van der Waals surface area contributed by atoms with Crippen molar-refractivity contribution in [1.29, 1.82) is 0 Å². The van der Waals surface area contributed by atoms with Crippen molar-refractivity contribution < 1.29 is 14.3 Å². The Morgan fingerprint density at radius 2 is 1.94 bits per heavy atom. The molecule has 0 radical (unpaired) electrons. The molecule has 1 fully saturated rings. The maximum Gasteiger partial charge on any atom is 0.233 e. The zero-order valence-electron chi connectivity index (χ0n) is 10.2. The summed E-state index contributed by atoms with van der Waals surface area (Å²) in [5.41, 5.74) is 1.01. The summed E-state index contributed by atoms with van der Waals surface area (Å²) in [6, 6.07) is 9.61. The number of carbonyl (C=O) groups is 2. The lowest BCUT2D eigenvalue weighted by molar-refractivity contribution is -0.141. The van der Waals surface area contributed by atoms with Crippen LogP contribution in [-0.4, -0.2) is 43.4 Å². The predicted molar refractivity (Wildman–Crippen MR) is 67.1 cm³/mol. The van der Waals surface area contributed by atoms with Gasteiger partial charge in [-0.15, -0.1) is 0 Å². The van der Waals surface area contributed by atoms with Gasteiger partial charge in [0.05, 0.1) is 19.1 Å². The first-order valence-corrected chi connectivity index (χ1v) is 6.17. The van der Waals surface area contributed by atoms with Gasteiger partial charge in [0.1, 0.15) is 6.29 Å². The maximum atomic E-state index is 12.2. The molecule has 96 valence electrons. The summed E-state index contributed by atoms with van der Waals surface area (Å²) in [4.78, 5) is 25.0. The van der Waals surface area contributed by atoms with Crippen LogP contribution in [-0.2, 0) is 20.7 Å². The fourth-order valence-electron chi connectivity index (χ4n) is 2.08. The lowest BCUT2D eigenvalue weighted by Gasteiger charge is -2.28. The second-order valence-corrected chi connectivity index (χ2v) is 4.37. The van der Waals surface area contributed by atoms with Gasteiger partial charge in [0.15, 0.2) is 0 Å². The fourth-order valence-corrected chi connectivity index (χ4v) is 2.08. The maximum absolute atomic E-state index is 12.2. The van der Waals surface area contributed by atoms with E-state index in [1.807, 2.05) is 30.3 Å². The van der Waals surface area contributed by atoms with E-state index in [2.05, 4.69) is 0 Å². The lowest BCUT2D eigenvalue weighted by Crippen LogP contribution is -2.44. The Kier molecular flexibility index (Phi) is 4.47. The van der Waals surface area contributed by atoms with Gasteiger partial charge >= 0.3 is 0 Å². The van der Waals surface area contributed by atoms with Crippen LogP contribution in [0.15, 0.2) is 30.3 Å². The van der Waals surface area contributed by atoms with Gasteiger partial charge in [-0.25, -0.2) is 0 Å². The van der Waals surface area contributed by atoms with Crippen molar-refractivity contribution in [3.05, 3.63) is 35.9 Å². The molecule has 0 spiro atoms. The number of nitrogens with zero attached hydrogens (tertiary/aromatic N) is 1. The third-order valence-electron chi connectivity index (χ3n) is 3.10. The van der Waals surface area contributed by atoms with Crippen molar-refractivity contribution in [2.75, 3.05) is 26.3 Å². The highest BCUT2D eigenvalue weighted by atomic mass is 16.5. The number of carbonyl (C=O) groups excluding carboxylic acids is 2. The van der Waals surface area contributed by atoms with Gasteiger partial charge in [0.2, 0.25) is 5.91 Å². The first-order valence-electron chi connectivity index (χ1n) is 6.17. The van der Waals surface area contributed by atoms with Crippen LogP contribution < -0.4 is 0 Å². The first-order chi connectivity index (χ1) is 8.81. The smallest absolute Gasteiger partial charge is 0.233 e. The van der Waals surface area contributed by atoms with Gasteiger partial charge in [0, 0.05) is 13.1 Å². The van der Waals surface area contributed by atoms with Crippen LogP contribution in [0.4, 0.5) is 0 Å². The Bertz CT molecular complexity index is 399. The standard InChI is InChI=1S/C14H17NO3/c16-11-13(10-12-4-2-1-3-5-12)14(17)15-6-8-18-9-7-15/h1-5,11,13H,6-10H2. The molecular formula is C14H17NO3. The van der Waals surface area contributed by atoms with Crippen molar-refractivity contribution in [2.24, 2.45) is 5.92 Å². The summed E-state index contributed by atoms with van der Waals surface area (Å²) in [5.74, 6) is -0.664. The number of ether oxygens (including phenoxy) is 1. The predicted octanol–water partition coefficient (Wildman–Crippen LogP) is 0.903. The van der Waals surface area contributed by atoms with E-state index in [-0.39, 0.29) is 5.91 Å². The van der Waals surface area contributed by atoms with Gasteiger partial charge in [-0.2, -0.15) is 0 Å². The normalized spacial score (nSPS) is 17.2. The van der Waals surface area contributed by atoms with Crippen LogP contribution >= 0.6 is 0 Å². The van der Waals surface area contributed by atoms with Gasteiger partial charge in [-0.3, -0.25) is 4.79 Å². The molecule has 1 aliphatic heterocycles.